The van der Waals surface area contributed by atoms with Crippen molar-refractivity contribution in [1.29, 1.82) is 0 Å². The molecular formula is CuMgMnSi. The maximum Gasteiger partial charge on any atom is 0 e. The first-order valence-corrected chi connectivity index (χ1v) is 0. The van der Waals surface area contributed by atoms with E-state index in [4.69, 9.17) is 0 Å². The van der Waals surface area contributed by atoms with E-state index < -0.39 is 0 Å². The molecule has 0 aliphatic heterocycles. The predicted molar refractivity (Wildman–Crippen MR) is 11.5 cm³/mol. The van der Waals surface area contributed by atoms with Crippen molar-refractivity contribution >= 4 is 34.0 Å². The first-order chi connectivity index (χ1) is 0. The van der Waals surface area contributed by atoms with Gasteiger partial charge in [-0.2, -0.15) is 0 Å². The van der Waals surface area contributed by atoms with Gasteiger partial charge in [-0.05, 0) is 0 Å². The minimum Gasteiger partial charge on any atom is 0 e. The monoisotopic (exact) mass is 170 g/mol. The van der Waals surface area contributed by atoms with Crippen LogP contribution in [0.2, 0.25) is 0 Å². The number of hydrogen-bond acceptors (Lipinski definition) is 0. The van der Waals surface area contributed by atoms with Crippen LogP contribution in [0, 0.1) is 0 Å². The van der Waals surface area contributed by atoms with Gasteiger partial charge in [-0.3, -0.25) is 0 Å². The van der Waals surface area contributed by atoms with E-state index in [-0.39, 0.29) is 68.2 Å². The van der Waals surface area contributed by atoms with Crippen molar-refractivity contribution in [1.82, 2.24) is 0 Å². The van der Waals surface area contributed by atoms with Gasteiger partial charge in [0, 0.05) is 68.2 Å². The van der Waals surface area contributed by atoms with Crippen LogP contribution in [-0.2, 0) is 34.1 Å². The molecule has 0 aromatic rings. The summed E-state index contributed by atoms with van der Waals surface area (Å²) < 4.78 is 0. The standard InChI is InChI=1S/Cu.Mg.Mn.Si. The van der Waals surface area contributed by atoms with Gasteiger partial charge >= 0.3 is 0 Å². The van der Waals surface area contributed by atoms with Gasteiger partial charge in [-0.1, -0.05) is 0 Å². The van der Waals surface area contributed by atoms with Gasteiger partial charge in [-0.25, -0.2) is 0 Å². The van der Waals surface area contributed by atoms with E-state index in [1.807, 2.05) is 0 Å². The Morgan fingerprint density at radius 3 is 1.00 bits per heavy atom. The van der Waals surface area contributed by atoms with E-state index in [1.165, 1.54) is 0 Å². The van der Waals surface area contributed by atoms with E-state index >= 15 is 0 Å². The quantitative estimate of drug-likeness (QED) is 0.420. The van der Waals surface area contributed by atoms with Crippen molar-refractivity contribution in [3.63, 3.8) is 0 Å². The van der Waals surface area contributed by atoms with E-state index in [2.05, 4.69) is 0 Å². The molecule has 0 atom stereocenters. The Labute approximate surface area is 67.6 Å². The Balaban J connectivity index is 0. The van der Waals surface area contributed by atoms with Gasteiger partial charge in [0.05, 0.1) is 0 Å². The molecule has 0 fully saturated rings. The van der Waals surface area contributed by atoms with E-state index in [0.717, 1.165) is 0 Å². The molecule has 4 heavy (non-hydrogen) atoms. The molecule has 0 bridgehead atoms. The molecular weight excluding hydrogens is 171 g/mol. The van der Waals surface area contributed by atoms with Crippen LogP contribution in [0.15, 0.2) is 0 Å². The summed E-state index contributed by atoms with van der Waals surface area (Å²) in [7, 11) is 0. The number of rotatable bonds is 0. The van der Waals surface area contributed by atoms with Gasteiger partial charge < -0.3 is 0 Å². The summed E-state index contributed by atoms with van der Waals surface area (Å²) in [5, 5.41) is 0. The Hall–Kier alpha value is 2.02. The summed E-state index contributed by atoms with van der Waals surface area (Å²) in [4.78, 5) is 0. The first-order valence-electron chi connectivity index (χ1n) is 0. The van der Waals surface area contributed by atoms with Gasteiger partial charge in [0.25, 0.3) is 0 Å². The maximum absolute atomic E-state index is 0. The fourth-order valence-electron chi connectivity index (χ4n) is 0. The minimum absolute atomic E-state index is 0. The molecule has 0 saturated heterocycles. The van der Waals surface area contributed by atoms with Crippen LogP contribution in [0.3, 0.4) is 0 Å². The van der Waals surface area contributed by atoms with Crippen LogP contribution in [0.1, 0.15) is 0 Å². The zero-order valence-corrected chi connectivity index (χ0v) is 6.42. The molecule has 4 heteroatoms. The summed E-state index contributed by atoms with van der Waals surface area (Å²) in [6, 6.07) is 0. The third-order valence-corrected chi connectivity index (χ3v) is 0. The minimum atomic E-state index is 0. The van der Waals surface area contributed by atoms with Crippen molar-refractivity contribution in [2.75, 3.05) is 0 Å². The Morgan fingerprint density at radius 1 is 1.00 bits per heavy atom. The van der Waals surface area contributed by atoms with Crippen LogP contribution in [-0.4, -0.2) is 34.0 Å². The second-order valence-electron chi connectivity index (χ2n) is 0. The van der Waals surface area contributed by atoms with Crippen LogP contribution in [0.25, 0.3) is 0 Å². The molecule has 24 valence electrons. The van der Waals surface area contributed by atoms with Gasteiger partial charge in [0.15, 0.2) is 0 Å². The Kier molecular flexibility index (Phi) is 185. The molecule has 8 radical (unpaired) electrons. The summed E-state index contributed by atoms with van der Waals surface area (Å²) in [6.45, 7) is 0. The SMILES string of the molecule is [Cu].[Mg].[Mn].[Si]. The van der Waals surface area contributed by atoms with Crippen LogP contribution in [0.4, 0.5) is 0 Å². The summed E-state index contributed by atoms with van der Waals surface area (Å²) in [6.07, 6.45) is 0. The summed E-state index contributed by atoms with van der Waals surface area (Å²) >= 11 is 0. The van der Waals surface area contributed by atoms with Gasteiger partial charge in [-0.15, -0.1) is 0 Å². The van der Waals surface area contributed by atoms with Crippen molar-refractivity contribution in [2.45, 2.75) is 0 Å². The zero-order chi connectivity index (χ0) is 0. The second-order valence-corrected chi connectivity index (χ2v) is 0. The molecule has 0 aromatic carbocycles. The molecule has 0 nitrogen and oxygen atoms in total. The van der Waals surface area contributed by atoms with Crippen LogP contribution >= 0.6 is 0 Å². The third kappa shape index (κ3) is 8.98. The topological polar surface area (TPSA) is 0 Å². The predicted octanol–water partition coefficient (Wildman–Crippen LogP) is -0.767. The van der Waals surface area contributed by atoms with Crippen LogP contribution < -0.4 is 0 Å². The van der Waals surface area contributed by atoms with E-state index in [9.17, 15) is 0 Å². The molecule has 0 amide bonds. The summed E-state index contributed by atoms with van der Waals surface area (Å²) in [5.41, 5.74) is 0. The fraction of sp³-hybridized carbons (Fsp3) is 0. The summed E-state index contributed by atoms with van der Waals surface area (Å²) in [5.74, 6) is 0. The van der Waals surface area contributed by atoms with Crippen LogP contribution in [0.5, 0.6) is 0 Å². The molecule has 0 heterocycles. The molecule has 0 N–H and O–H groups in total. The molecule has 0 saturated carbocycles. The van der Waals surface area contributed by atoms with Crippen molar-refractivity contribution in [3.8, 4) is 0 Å². The third-order valence-electron chi connectivity index (χ3n) is 0. The van der Waals surface area contributed by atoms with Gasteiger partial charge in [0.1, 0.15) is 0 Å². The Bertz CT molecular complexity index is 8.00. The molecule has 0 aliphatic rings. The van der Waals surface area contributed by atoms with E-state index in [1.54, 1.807) is 0 Å². The molecule has 0 unspecified atom stereocenters. The van der Waals surface area contributed by atoms with E-state index in [0.29, 0.717) is 0 Å². The largest absolute Gasteiger partial charge is 0 e. The van der Waals surface area contributed by atoms with Crippen molar-refractivity contribution in [2.24, 2.45) is 0 Å². The van der Waals surface area contributed by atoms with Gasteiger partial charge in [0.2, 0.25) is 0 Å². The first kappa shape index (κ1) is 37.1. The molecule has 0 aromatic heterocycles. The smallest absolute Gasteiger partial charge is 0 e. The van der Waals surface area contributed by atoms with Crippen molar-refractivity contribution in [3.05, 3.63) is 0 Å². The average molecular weight is 171 g/mol. The second kappa shape index (κ2) is 19.9. The molecule has 0 aliphatic carbocycles. The zero-order valence-electron chi connectivity index (χ0n) is 1.89. The molecule has 0 spiro atoms. The fourth-order valence-corrected chi connectivity index (χ4v) is 0. The average Bonchev–Trinajstić information content (AvgIpc) is 0. The maximum atomic E-state index is 0. The normalized spacial score (nSPS) is 0. The molecule has 0 rings (SSSR count). The Morgan fingerprint density at radius 2 is 1.00 bits per heavy atom. The van der Waals surface area contributed by atoms with Crippen molar-refractivity contribution < 1.29 is 34.1 Å². The number of hydrogen-bond donors (Lipinski definition) is 0.